The first kappa shape index (κ1) is 38.0. The second kappa shape index (κ2) is 24.8. The number of hydrogen-bond acceptors (Lipinski definition) is 0. The summed E-state index contributed by atoms with van der Waals surface area (Å²) in [6.07, 6.45) is 28.8. The molecule has 0 heterocycles. The van der Waals surface area contributed by atoms with Crippen LogP contribution in [-0.2, 0) is 0 Å². The molecule has 0 amide bonds. The minimum absolute atomic E-state index is 0.853. The summed E-state index contributed by atoms with van der Waals surface area (Å²) < 4.78 is 0. The lowest BCUT2D eigenvalue weighted by Crippen LogP contribution is -2.26. The summed E-state index contributed by atoms with van der Waals surface area (Å²) in [7, 11) is 0. The van der Waals surface area contributed by atoms with Gasteiger partial charge in [0.05, 0.1) is 0 Å². The van der Waals surface area contributed by atoms with E-state index in [0.717, 1.165) is 47.3 Å². The molecule has 0 fully saturated rings. The molecule has 6 atom stereocenters. The molecular formula is C38H78. The Labute approximate surface area is 244 Å². The van der Waals surface area contributed by atoms with Crippen molar-refractivity contribution in [2.24, 2.45) is 47.3 Å². The molecule has 0 spiro atoms. The molecule has 0 aromatic heterocycles. The lowest BCUT2D eigenvalue weighted by molar-refractivity contribution is 0.147. The highest BCUT2D eigenvalue weighted by atomic mass is 14.3. The first-order valence-corrected chi connectivity index (χ1v) is 18.1. The van der Waals surface area contributed by atoms with Gasteiger partial charge in [-0.15, -0.1) is 0 Å². The van der Waals surface area contributed by atoms with Crippen molar-refractivity contribution in [3.63, 3.8) is 0 Å². The van der Waals surface area contributed by atoms with Crippen molar-refractivity contribution >= 4 is 0 Å². The normalized spacial score (nSPS) is 17.1. The van der Waals surface area contributed by atoms with E-state index in [0.29, 0.717) is 0 Å². The van der Waals surface area contributed by atoms with Crippen LogP contribution in [0.4, 0.5) is 0 Å². The molecule has 0 aromatic carbocycles. The van der Waals surface area contributed by atoms with Crippen molar-refractivity contribution in [2.45, 2.75) is 198 Å². The monoisotopic (exact) mass is 535 g/mol. The van der Waals surface area contributed by atoms with Crippen LogP contribution in [0.1, 0.15) is 198 Å². The Balaban J connectivity index is 5.47. The first-order chi connectivity index (χ1) is 18.1. The Morgan fingerprint density at radius 3 is 1.55 bits per heavy atom. The molecule has 0 bridgehead atoms. The summed E-state index contributed by atoms with van der Waals surface area (Å²) in [5.74, 6) is 7.23. The standard InChI is InChI=1S/C38H78/c1-11-14-16-17-25-34(9)38(35(10)29-36(21-13-3)26-19-18-22-31(4)5)30-37(27-20-23-32(6)7)28-33(8)24-15-12-2/h31-38H,11-30H2,1-10H3. The Bertz CT molecular complexity index is 476. The Kier molecular flexibility index (Phi) is 24.8. The van der Waals surface area contributed by atoms with Crippen LogP contribution in [0.2, 0.25) is 0 Å². The second-order valence-electron chi connectivity index (χ2n) is 14.9. The van der Waals surface area contributed by atoms with Gasteiger partial charge in [0.1, 0.15) is 0 Å². The van der Waals surface area contributed by atoms with Gasteiger partial charge >= 0.3 is 0 Å². The third-order valence-corrected chi connectivity index (χ3v) is 9.81. The topological polar surface area (TPSA) is 0 Å². The molecule has 0 N–H and O–H groups in total. The largest absolute Gasteiger partial charge is 0.0654 e. The van der Waals surface area contributed by atoms with Crippen molar-refractivity contribution in [1.82, 2.24) is 0 Å². The number of rotatable bonds is 27. The van der Waals surface area contributed by atoms with Crippen LogP contribution in [0.5, 0.6) is 0 Å². The van der Waals surface area contributed by atoms with E-state index in [2.05, 4.69) is 69.2 Å². The van der Waals surface area contributed by atoms with E-state index in [1.807, 2.05) is 0 Å². The minimum Gasteiger partial charge on any atom is -0.0654 e. The summed E-state index contributed by atoms with van der Waals surface area (Å²) in [6, 6.07) is 0. The van der Waals surface area contributed by atoms with E-state index in [1.54, 1.807) is 0 Å². The Hall–Kier alpha value is 0. The lowest BCUT2D eigenvalue weighted by Gasteiger charge is -2.36. The molecular weight excluding hydrogens is 456 g/mol. The summed E-state index contributed by atoms with van der Waals surface area (Å²) in [4.78, 5) is 0. The lowest BCUT2D eigenvalue weighted by atomic mass is 9.70. The zero-order valence-corrected chi connectivity index (χ0v) is 28.8. The van der Waals surface area contributed by atoms with Gasteiger partial charge in [0, 0.05) is 0 Å². The zero-order chi connectivity index (χ0) is 28.8. The van der Waals surface area contributed by atoms with Crippen LogP contribution >= 0.6 is 0 Å². The summed E-state index contributed by atoms with van der Waals surface area (Å²) in [6.45, 7) is 24.6. The van der Waals surface area contributed by atoms with Crippen molar-refractivity contribution in [2.75, 3.05) is 0 Å². The van der Waals surface area contributed by atoms with Crippen molar-refractivity contribution in [3.05, 3.63) is 0 Å². The van der Waals surface area contributed by atoms with E-state index < -0.39 is 0 Å². The zero-order valence-electron chi connectivity index (χ0n) is 28.8. The van der Waals surface area contributed by atoms with Crippen molar-refractivity contribution in [3.8, 4) is 0 Å². The maximum absolute atomic E-state index is 2.68. The van der Waals surface area contributed by atoms with Gasteiger partial charge in [-0.05, 0) is 66.6 Å². The Morgan fingerprint density at radius 2 is 0.947 bits per heavy atom. The van der Waals surface area contributed by atoms with E-state index in [-0.39, 0.29) is 0 Å². The fourth-order valence-electron chi connectivity index (χ4n) is 7.38. The SMILES string of the molecule is CCCCCCC(C)C(CC(CCCC(C)C)CC(C)CCCC)C(C)CC(CCC)CCCCC(C)C. The smallest absolute Gasteiger partial charge is 0.0360 e. The fourth-order valence-corrected chi connectivity index (χ4v) is 7.38. The van der Waals surface area contributed by atoms with Crippen LogP contribution in [0.15, 0.2) is 0 Å². The van der Waals surface area contributed by atoms with E-state index in [9.17, 15) is 0 Å². The third kappa shape index (κ3) is 20.8. The molecule has 0 aromatic rings. The summed E-state index contributed by atoms with van der Waals surface area (Å²) in [5.41, 5.74) is 0. The summed E-state index contributed by atoms with van der Waals surface area (Å²) >= 11 is 0. The van der Waals surface area contributed by atoms with Crippen LogP contribution in [0.3, 0.4) is 0 Å². The molecule has 0 radical (unpaired) electrons. The minimum atomic E-state index is 0.853. The molecule has 230 valence electrons. The van der Waals surface area contributed by atoms with Crippen LogP contribution in [-0.4, -0.2) is 0 Å². The number of unbranched alkanes of at least 4 members (excludes halogenated alkanes) is 5. The maximum atomic E-state index is 2.68. The van der Waals surface area contributed by atoms with Crippen molar-refractivity contribution < 1.29 is 0 Å². The average molecular weight is 535 g/mol. The van der Waals surface area contributed by atoms with Gasteiger partial charge in [0.2, 0.25) is 0 Å². The van der Waals surface area contributed by atoms with E-state index in [4.69, 9.17) is 0 Å². The summed E-state index contributed by atoms with van der Waals surface area (Å²) in [5, 5.41) is 0. The molecule has 0 aliphatic rings. The molecule has 0 nitrogen and oxygen atoms in total. The van der Waals surface area contributed by atoms with Gasteiger partial charge in [-0.2, -0.15) is 0 Å². The molecule has 0 rings (SSSR count). The van der Waals surface area contributed by atoms with Gasteiger partial charge in [-0.25, -0.2) is 0 Å². The quantitative estimate of drug-likeness (QED) is 0.0919. The first-order valence-electron chi connectivity index (χ1n) is 18.1. The number of hydrogen-bond donors (Lipinski definition) is 0. The molecule has 0 saturated heterocycles. The highest BCUT2D eigenvalue weighted by Crippen LogP contribution is 2.39. The van der Waals surface area contributed by atoms with Gasteiger partial charge < -0.3 is 0 Å². The average Bonchev–Trinajstić information content (AvgIpc) is 2.85. The van der Waals surface area contributed by atoms with E-state index >= 15 is 0 Å². The van der Waals surface area contributed by atoms with Crippen LogP contribution in [0, 0.1) is 47.3 Å². The molecule has 0 heteroatoms. The van der Waals surface area contributed by atoms with Gasteiger partial charge in [0.25, 0.3) is 0 Å². The van der Waals surface area contributed by atoms with Crippen molar-refractivity contribution in [1.29, 1.82) is 0 Å². The molecule has 38 heavy (non-hydrogen) atoms. The van der Waals surface area contributed by atoms with E-state index in [1.165, 1.54) is 128 Å². The van der Waals surface area contributed by atoms with Crippen LogP contribution < -0.4 is 0 Å². The fraction of sp³-hybridized carbons (Fsp3) is 1.00. The highest BCUT2D eigenvalue weighted by molar-refractivity contribution is 4.79. The highest BCUT2D eigenvalue weighted by Gasteiger charge is 2.29. The molecule has 6 unspecified atom stereocenters. The third-order valence-electron chi connectivity index (χ3n) is 9.81. The predicted molar refractivity (Wildman–Crippen MR) is 177 cm³/mol. The van der Waals surface area contributed by atoms with Gasteiger partial charge in [-0.1, -0.05) is 178 Å². The molecule has 0 saturated carbocycles. The molecule has 0 aliphatic carbocycles. The Morgan fingerprint density at radius 1 is 0.368 bits per heavy atom. The second-order valence-corrected chi connectivity index (χ2v) is 14.9. The van der Waals surface area contributed by atoms with Gasteiger partial charge in [0.15, 0.2) is 0 Å². The van der Waals surface area contributed by atoms with Crippen LogP contribution in [0.25, 0.3) is 0 Å². The predicted octanol–water partition coefficient (Wildman–Crippen LogP) is 13.9. The van der Waals surface area contributed by atoms with Gasteiger partial charge in [-0.3, -0.25) is 0 Å². The molecule has 0 aliphatic heterocycles. The maximum Gasteiger partial charge on any atom is -0.0360 e.